The van der Waals surface area contributed by atoms with Gasteiger partial charge in [-0.3, -0.25) is 4.79 Å². The van der Waals surface area contributed by atoms with Crippen LogP contribution in [0.5, 0.6) is 0 Å². The van der Waals surface area contributed by atoms with Gasteiger partial charge in [0.2, 0.25) is 5.91 Å². The number of carbonyl (C=O) groups is 1. The minimum absolute atomic E-state index is 0.0394. The largest absolute Gasteiger partial charge is 0.349 e. The minimum atomic E-state index is -0.451. The summed E-state index contributed by atoms with van der Waals surface area (Å²) in [6.45, 7) is 9.31. The van der Waals surface area contributed by atoms with E-state index in [4.69, 9.17) is 4.98 Å². The summed E-state index contributed by atoms with van der Waals surface area (Å²) in [4.78, 5) is 21.6. The molecule has 0 spiro atoms. The Morgan fingerprint density at radius 2 is 2.03 bits per heavy atom. The van der Waals surface area contributed by atoms with Gasteiger partial charge in [0.05, 0.1) is 12.2 Å². The molecule has 2 aliphatic heterocycles. The normalized spacial score (nSPS) is 21.1. The first-order valence-corrected chi connectivity index (χ1v) is 12.5. The van der Waals surface area contributed by atoms with Crippen LogP contribution in [0.15, 0.2) is 42.7 Å². The molecule has 0 saturated carbocycles. The molecule has 0 aliphatic carbocycles. The summed E-state index contributed by atoms with van der Waals surface area (Å²) in [6, 6.07) is 5.37. The van der Waals surface area contributed by atoms with E-state index < -0.39 is 11.6 Å². The van der Waals surface area contributed by atoms with Crippen molar-refractivity contribution in [3.8, 4) is 0 Å². The number of nitrogens with one attached hydrogen (secondary N) is 1. The van der Waals surface area contributed by atoms with Crippen molar-refractivity contribution in [2.24, 2.45) is 5.41 Å². The molecule has 9 heteroatoms. The van der Waals surface area contributed by atoms with E-state index in [1.807, 2.05) is 15.9 Å². The average Bonchev–Trinajstić information content (AvgIpc) is 3.50. The van der Waals surface area contributed by atoms with Crippen LogP contribution in [-0.2, 0) is 4.79 Å². The molecule has 2 fully saturated rings. The van der Waals surface area contributed by atoms with Gasteiger partial charge in [-0.25, -0.2) is 18.3 Å². The first-order chi connectivity index (χ1) is 17.2. The van der Waals surface area contributed by atoms with Crippen LogP contribution >= 0.6 is 0 Å². The molecule has 3 aromatic rings. The van der Waals surface area contributed by atoms with E-state index in [1.165, 1.54) is 12.1 Å². The molecule has 36 heavy (non-hydrogen) atoms. The van der Waals surface area contributed by atoms with Gasteiger partial charge >= 0.3 is 0 Å². The maximum atomic E-state index is 14.5. The third-order valence-corrected chi connectivity index (χ3v) is 7.18. The number of fused-ring (bicyclic) bond motifs is 1. The van der Waals surface area contributed by atoms with Gasteiger partial charge in [0.1, 0.15) is 17.5 Å². The van der Waals surface area contributed by atoms with E-state index in [0.29, 0.717) is 43.1 Å². The van der Waals surface area contributed by atoms with E-state index in [-0.39, 0.29) is 23.4 Å². The highest BCUT2D eigenvalue weighted by molar-refractivity contribution is 5.92. The smallest absolute Gasteiger partial charge is 0.246 e. The molecule has 1 amide bonds. The molecular formula is C27H32F2N6O. The zero-order valence-electron chi connectivity index (χ0n) is 20.9. The van der Waals surface area contributed by atoms with Crippen LogP contribution in [0.1, 0.15) is 50.8 Å². The molecule has 0 radical (unpaired) electrons. The van der Waals surface area contributed by atoms with E-state index in [2.05, 4.69) is 31.2 Å². The van der Waals surface area contributed by atoms with Gasteiger partial charge in [0.15, 0.2) is 5.65 Å². The summed E-state index contributed by atoms with van der Waals surface area (Å²) in [5.74, 6) is -0.233. The lowest BCUT2D eigenvalue weighted by atomic mass is 9.85. The Kier molecular flexibility index (Phi) is 6.51. The molecule has 2 atom stereocenters. The molecular weight excluding hydrogens is 462 g/mol. The Balaban J connectivity index is 1.37. The molecule has 5 rings (SSSR count). The molecule has 7 nitrogen and oxygen atoms in total. The van der Waals surface area contributed by atoms with Gasteiger partial charge in [0, 0.05) is 55.6 Å². The van der Waals surface area contributed by atoms with Gasteiger partial charge in [-0.1, -0.05) is 20.8 Å². The summed E-state index contributed by atoms with van der Waals surface area (Å²) < 4.78 is 30.0. The minimum Gasteiger partial charge on any atom is -0.349 e. The second-order valence-electron chi connectivity index (χ2n) is 10.7. The first kappa shape index (κ1) is 24.4. The maximum Gasteiger partial charge on any atom is 0.246 e. The number of hydrogen-bond donors (Lipinski definition) is 1. The van der Waals surface area contributed by atoms with E-state index >= 15 is 0 Å². The second kappa shape index (κ2) is 9.61. The van der Waals surface area contributed by atoms with Crippen molar-refractivity contribution >= 4 is 23.4 Å². The van der Waals surface area contributed by atoms with Crippen LogP contribution in [0.25, 0.3) is 11.7 Å². The summed E-state index contributed by atoms with van der Waals surface area (Å²) in [7, 11) is 0. The maximum absolute atomic E-state index is 14.5. The summed E-state index contributed by atoms with van der Waals surface area (Å²) >= 11 is 0. The lowest BCUT2D eigenvalue weighted by Gasteiger charge is -2.40. The van der Waals surface area contributed by atoms with Crippen molar-refractivity contribution in [1.82, 2.24) is 24.8 Å². The van der Waals surface area contributed by atoms with Crippen LogP contribution in [0, 0.1) is 17.0 Å². The highest BCUT2D eigenvalue weighted by Crippen LogP contribution is 2.37. The first-order valence-electron chi connectivity index (χ1n) is 12.5. The van der Waals surface area contributed by atoms with Crippen molar-refractivity contribution in [3.63, 3.8) is 0 Å². The Labute approximate surface area is 209 Å². The Morgan fingerprint density at radius 1 is 1.19 bits per heavy atom. The summed E-state index contributed by atoms with van der Waals surface area (Å²) in [5, 5.41) is 7.87. The molecule has 2 saturated heterocycles. The van der Waals surface area contributed by atoms with E-state index in [9.17, 15) is 13.6 Å². The van der Waals surface area contributed by atoms with Crippen LogP contribution < -0.4 is 10.2 Å². The van der Waals surface area contributed by atoms with Crippen LogP contribution in [0.3, 0.4) is 0 Å². The molecule has 1 N–H and O–H groups in total. The second-order valence-corrected chi connectivity index (χ2v) is 10.7. The predicted octanol–water partition coefficient (Wildman–Crippen LogP) is 4.21. The summed E-state index contributed by atoms with van der Waals surface area (Å²) in [6.07, 6.45) is 8.39. The molecule has 190 valence electrons. The van der Waals surface area contributed by atoms with Crippen molar-refractivity contribution < 1.29 is 13.6 Å². The third kappa shape index (κ3) is 4.84. The quantitative estimate of drug-likeness (QED) is 0.551. The van der Waals surface area contributed by atoms with Crippen molar-refractivity contribution in [3.05, 3.63) is 65.5 Å². The van der Waals surface area contributed by atoms with Gasteiger partial charge in [-0.2, -0.15) is 5.10 Å². The van der Waals surface area contributed by atoms with Crippen molar-refractivity contribution in [1.29, 1.82) is 0 Å². The SMILES string of the molecule is CC(C)(C)C1CN(C(=O)/C=C/c2cnn3ccc(N4CCC[C@@H]4c4cc(F)ccc4F)nc23)CCN1. The highest BCUT2D eigenvalue weighted by Gasteiger charge is 2.31. The van der Waals surface area contributed by atoms with Gasteiger partial charge in [0.25, 0.3) is 0 Å². The Bertz CT molecular complexity index is 1300. The number of carbonyl (C=O) groups excluding carboxylic acids is 1. The fourth-order valence-electron chi connectivity index (χ4n) is 5.09. The number of aromatic nitrogens is 3. The highest BCUT2D eigenvalue weighted by atomic mass is 19.1. The number of hydrogen-bond acceptors (Lipinski definition) is 5. The molecule has 2 aromatic heterocycles. The van der Waals surface area contributed by atoms with E-state index in [0.717, 1.165) is 24.6 Å². The van der Waals surface area contributed by atoms with Gasteiger partial charge in [-0.15, -0.1) is 0 Å². The lowest BCUT2D eigenvalue weighted by Crippen LogP contribution is -2.56. The number of benzene rings is 1. The van der Waals surface area contributed by atoms with Crippen LogP contribution in [0.4, 0.5) is 14.6 Å². The average molecular weight is 495 g/mol. The molecule has 2 aliphatic rings. The number of anilines is 1. The zero-order chi connectivity index (χ0) is 25.4. The molecule has 1 aromatic carbocycles. The van der Waals surface area contributed by atoms with Crippen molar-refractivity contribution in [2.75, 3.05) is 31.1 Å². The predicted molar refractivity (Wildman–Crippen MR) is 136 cm³/mol. The third-order valence-electron chi connectivity index (χ3n) is 7.18. The molecule has 0 bridgehead atoms. The molecule has 4 heterocycles. The summed E-state index contributed by atoms with van der Waals surface area (Å²) in [5.41, 5.74) is 1.74. The number of halogens is 2. The number of nitrogens with zero attached hydrogens (tertiary/aromatic N) is 5. The van der Waals surface area contributed by atoms with Gasteiger partial charge < -0.3 is 15.1 Å². The topological polar surface area (TPSA) is 65.8 Å². The Morgan fingerprint density at radius 3 is 2.83 bits per heavy atom. The van der Waals surface area contributed by atoms with Gasteiger partial charge in [-0.05, 0) is 48.6 Å². The van der Waals surface area contributed by atoms with Crippen LogP contribution in [0.2, 0.25) is 0 Å². The number of piperazine rings is 1. The van der Waals surface area contributed by atoms with Crippen LogP contribution in [-0.4, -0.2) is 57.6 Å². The molecule has 1 unspecified atom stereocenters. The Hall–Kier alpha value is -3.33. The zero-order valence-corrected chi connectivity index (χ0v) is 20.9. The van der Waals surface area contributed by atoms with Crippen molar-refractivity contribution in [2.45, 2.75) is 45.7 Å². The monoisotopic (exact) mass is 494 g/mol. The fraction of sp³-hybridized carbons (Fsp3) is 0.444. The number of amides is 1. The van der Waals surface area contributed by atoms with E-state index in [1.54, 1.807) is 29.1 Å². The lowest BCUT2D eigenvalue weighted by molar-refractivity contribution is -0.127. The fourth-order valence-corrected chi connectivity index (χ4v) is 5.09. The number of rotatable bonds is 4. The standard InChI is InChI=1S/C27H32F2N6O/c1-27(2,3)23-17-33(14-11-30-23)25(36)9-6-18-16-31-35-13-10-24(32-26(18)35)34-12-4-5-22(34)20-15-19(28)7-8-21(20)29/h6-10,13,15-16,22-23,30H,4-5,11-12,14,17H2,1-3H3/b9-6+/t22-,23?/m1/s1.